The number of nitrogens with one attached hydrogen (secondary N) is 1. The van der Waals surface area contributed by atoms with Gasteiger partial charge >= 0.3 is 12.1 Å². The van der Waals surface area contributed by atoms with Crippen molar-refractivity contribution in [2.75, 3.05) is 36.4 Å². The van der Waals surface area contributed by atoms with E-state index in [1.54, 1.807) is 24.3 Å². The topological polar surface area (TPSA) is 95.8 Å². The number of alkyl halides is 3. The molecular formula is C21H18ClF3N4O4. The van der Waals surface area contributed by atoms with Crippen LogP contribution in [0.5, 0.6) is 0 Å². The molecule has 12 heteroatoms. The van der Waals surface area contributed by atoms with Crippen LogP contribution in [-0.2, 0) is 9.59 Å². The second-order valence-electron chi connectivity index (χ2n) is 7.11. The fourth-order valence-corrected chi connectivity index (χ4v) is 3.42. The number of carbonyl (C=O) groups excluding carboxylic acids is 2. The Morgan fingerprint density at radius 3 is 2.27 bits per heavy atom. The summed E-state index contributed by atoms with van der Waals surface area (Å²) in [6.45, 7) is 0.432. The fourth-order valence-electron chi connectivity index (χ4n) is 3.23. The molecule has 0 aromatic heterocycles. The van der Waals surface area contributed by atoms with Gasteiger partial charge < -0.3 is 15.1 Å². The summed E-state index contributed by atoms with van der Waals surface area (Å²) in [5, 5.41) is 13.6. The minimum absolute atomic E-state index is 0.00458. The Labute approximate surface area is 191 Å². The molecule has 0 atom stereocenters. The molecule has 0 saturated carbocycles. The van der Waals surface area contributed by atoms with Crippen LogP contribution in [0.2, 0.25) is 5.02 Å². The first-order valence-electron chi connectivity index (χ1n) is 9.69. The minimum atomic E-state index is -4.88. The summed E-state index contributed by atoms with van der Waals surface area (Å²) in [5.41, 5.74) is 1.40. The SMILES string of the molecule is O=C(/C=C/c1ccc(Cl)c([N+](=O)[O-])c1)Nc1ccc(N2CCN(C(=O)C(F)(F)F)CC2)cc1. The first kappa shape index (κ1) is 24.1. The van der Waals surface area contributed by atoms with Crippen molar-refractivity contribution in [1.82, 2.24) is 4.90 Å². The number of nitro benzene ring substituents is 1. The monoisotopic (exact) mass is 482 g/mol. The lowest BCUT2D eigenvalue weighted by molar-refractivity contribution is -0.384. The average Bonchev–Trinajstić information content (AvgIpc) is 2.78. The molecule has 1 heterocycles. The zero-order valence-electron chi connectivity index (χ0n) is 17.0. The summed E-state index contributed by atoms with van der Waals surface area (Å²) < 4.78 is 37.6. The van der Waals surface area contributed by atoms with Crippen molar-refractivity contribution in [2.45, 2.75) is 6.18 Å². The van der Waals surface area contributed by atoms with Gasteiger partial charge in [-0.3, -0.25) is 19.7 Å². The van der Waals surface area contributed by atoms with Crippen LogP contribution in [0.3, 0.4) is 0 Å². The van der Waals surface area contributed by atoms with E-state index in [9.17, 15) is 32.9 Å². The molecule has 3 rings (SSSR count). The number of benzene rings is 2. The van der Waals surface area contributed by atoms with Crippen LogP contribution in [0.25, 0.3) is 6.08 Å². The second kappa shape index (κ2) is 9.90. The van der Waals surface area contributed by atoms with Crippen LogP contribution in [0.15, 0.2) is 48.5 Å². The maximum Gasteiger partial charge on any atom is 0.471 e. The lowest BCUT2D eigenvalue weighted by atomic mass is 10.2. The molecule has 1 N–H and O–H groups in total. The first-order valence-corrected chi connectivity index (χ1v) is 10.1. The maximum atomic E-state index is 12.5. The first-order chi connectivity index (χ1) is 15.5. The summed E-state index contributed by atoms with van der Waals surface area (Å²) in [7, 11) is 0. The van der Waals surface area contributed by atoms with Gasteiger partial charge in [0.2, 0.25) is 5.91 Å². The fraction of sp³-hybridized carbons (Fsp3) is 0.238. The van der Waals surface area contributed by atoms with Crippen molar-refractivity contribution < 1.29 is 27.7 Å². The van der Waals surface area contributed by atoms with Crippen molar-refractivity contribution in [3.8, 4) is 0 Å². The molecule has 1 aliphatic rings. The highest BCUT2D eigenvalue weighted by Gasteiger charge is 2.43. The van der Waals surface area contributed by atoms with Crippen molar-refractivity contribution in [3.63, 3.8) is 0 Å². The molecule has 8 nitrogen and oxygen atoms in total. The van der Waals surface area contributed by atoms with Crippen LogP contribution in [0.1, 0.15) is 5.56 Å². The molecule has 174 valence electrons. The van der Waals surface area contributed by atoms with Crippen LogP contribution >= 0.6 is 11.6 Å². The number of piperazine rings is 1. The van der Waals surface area contributed by atoms with Gasteiger partial charge in [-0.05, 0) is 42.0 Å². The van der Waals surface area contributed by atoms with E-state index >= 15 is 0 Å². The average molecular weight is 483 g/mol. The third-order valence-electron chi connectivity index (χ3n) is 4.90. The van der Waals surface area contributed by atoms with Crippen molar-refractivity contribution in [1.29, 1.82) is 0 Å². The molecule has 1 saturated heterocycles. The van der Waals surface area contributed by atoms with E-state index in [1.165, 1.54) is 30.4 Å². The molecule has 2 amide bonds. The van der Waals surface area contributed by atoms with Gasteiger partial charge in [-0.25, -0.2) is 0 Å². The maximum absolute atomic E-state index is 12.5. The van der Waals surface area contributed by atoms with Gasteiger partial charge in [0.1, 0.15) is 5.02 Å². The molecule has 0 aliphatic carbocycles. The predicted molar refractivity (Wildman–Crippen MR) is 117 cm³/mol. The Kier molecular flexibility index (Phi) is 7.22. The van der Waals surface area contributed by atoms with Crippen LogP contribution in [0, 0.1) is 10.1 Å². The number of halogens is 4. The van der Waals surface area contributed by atoms with E-state index in [0.717, 1.165) is 10.6 Å². The normalized spacial score (nSPS) is 14.4. The zero-order valence-corrected chi connectivity index (χ0v) is 17.8. The quantitative estimate of drug-likeness (QED) is 0.393. The lowest BCUT2D eigenvalue weighted by Crippen LogP contribution is -2.52. The third kappa shape index (κ3) is 6.22. The van der Waals surface area contributed by atoms with E-state index in [1.807, 2.05) is 4.90 Å². The predicted octanol–water partition coefficient (Wildman–Crippen LogP) is 4.11. The van der Waals surface area contributed by atoms with Crippen LogP contribution in [-0.4, -0.2) is 54.0 Å². The molecule has 2 aromatic rings. The number of hydrogen-bond donors (Lipinski definition) is 1. The van der Waals surface area contributed by atoms with Crippen LogP contribution in [0.4, 0.5) is 30.2 Å². The largest absolute Gasteiger partial charge is 0.471 e. The smallest absolute Gasteiger partial charge is 0.368 e. The summed E-state index contributed by atoms with van der Waals surface area (Å²) in [6, 6.07) is 10.9. The van der Waals surface area contributed by atoms with Crippen molar-refractivity contribution in [3.05, 3.63) is 69.2 Å². The van der Waals surface area contributed by atoms with Gasteiger partial charge in [-0.2, -0.15) is 13.2 Å². The Morgan fingerprint density at radius 2 is 1.70 bits per heavy atom. The summed E-state index contributed by atoms with van der Waals surface area (Å²) in [6.07, 6.45) is -2.24. The summed E-state index contributed by atoms with van der Waals surface area (Å²) in [4.78, 5) is 36.4. The van der Waals surface area contributed by atoms with Gasteiger partial charge in [0.15, 0.2) is 0 Å². The van der Waals surface area contributed by atoms with Crippen molar-refractivity contribution >= 4 is 46.6 Å². The van der Waals surface area contributed by atoms with Gasteiger partial charge in [0.25, 0.3) is 5.69 Å². The van der Waals surface area contributed by atoms with E-state index in [0.29, 0.717) is 11.3 Å². The van der Waals surface area contributed by atoms with Gasteiger partial charge in [0.05, 0.1) is 4.92 Å². The number of amides is 2. The Balaban J connectivity index is 1.55. The minimum Gasteiger partial charge on any atom is -0.368 e. The molecule has 0 bridgehead atoms. The molecule has 1 aliphatic heterocycles. The molecule has 1 fully saturated rings. The Morgan fingerprint density at radius 1 is 1.06 bits per heavy atom. The van der Waals surface area contributed by atoms with E-state index in [4.69, 9.17) is 11.6 Å². The zero-order chi connectivity index (χ0) is 24.2. The Hall–Kier alpha value is -3.60. The highest BCUT2D eigenvalue weighted by molar-refractivity contribution is 6.32. The molecule has 2 aromatic carbocycles. The molecule has 0 spiro atoms. The number of hydrogen-bond acceptors (Lipinski definition) is 5. The van der Waals surface area contributed by atoms with Crippen molar-refractivity contribution in [2.24, 2.45) is 0 Å². The molecule has 33 heavy (non-hydrogen) atoms. The molecule has 0 unspecified atom stereocenters. The van der Waals surface area contributed by atoms with E-state index < -0.39 is 22.9 Å². The van der Waals surface area contributed by atoms with Crippen LogP contribution < -0.4 is 10.2 Å². The number of carbonyl (C=O) groups is 2. The summed E-state index contributed by atoms with van der Waals surface area (Å²) >= 11 is 5.76. The lowest BCUT2D eigenvalue weighted by Gasteiger charge is -2.36. The van der Waals surface area contributed by atoms with Gasteiger partial charge in [-0.15, -0.1) is 0 Å². The number of rotatable bonds is 5. The second-order valence-corrected chi connectivity index (χ2v) is 7.52. The third-order valence-corrected chi connectivity index (χ3v) is 5.22. The highest BCUT2D eigenvalue weighted by Crippen LogP contribution is 2.26. The molecular weight excluding hydrogens is 465 g/mol. The Bertz CT molecular complexity index is 1080. The number of nitro groups is 1. The highest BCUT2D eigenvalue weighted by atomic mass is 35.5. The number of nitrogens with zero attached hydrogens (tertiary/aromatic N) is 3. The van der Waals surface area contributed by atoms with E-state index in [-0.39, 0.29) is 36.9 Å². The van der Waals surface area contributed by atoms with Gasteiger partial charge in [-0.1, -0.05) is 17.7 Å². The van der Waals surface area contributed by atoms with Gasteiger partial charge in [0, 0.05) is 49.7 Å². The number of anilines is 2. The summed E-state index contributed by atoms with van der Waals surface area (Å²) in [5.74, 6) is -2.29. The standard InChI is InChI=1S/C21H18ClF3N4O4/c22-17-7-1-14(13-18(17)29(32)33)2-8-19(30)26-15-3-5-16(6-4-15)27-9-11-28(12-10-27)20(31)21(23,24)25/h1-8,13H,9-12H2,(H,26,30)/b8-2+. The molecule has 0 radical (unpaired) electrons. The van der Waals surface area contributed by atoms with E-state index in [2.05, 4.69) is 5.32 Å².